The lowest BCUT2D eigenvalue weighted by Crippen LogP contribution is -2.39. The Morgan fingerprint density at radius 2 is 2.00 bits per heavy atom. The third-order valence-electron chi connectivity index (χ3n) is 3.77. The maximum absolute atomic E-state index is 11.0. The SMILES string of the molecule is Cc1cc(C)c([N+](=O)[O-])cc1CNC1CCNCC1. The first-order chi connectivity index (χ1) is 9.08. The first kappa shape index (κ1) is 14.0. The fraction of sp³-hybridized carbons (Fsp3) is 0.571. The molecule has 0 spiro atoms. The second-order valence-electron chi connectivity index (χ2n) is 5.23. The Hall–Kier alpha value is -1.46. The number of nitro benzene ring substituents is 1. The van der Waals surface area contributed by atoms with Crippen LogP contribution in [0.1, 0.15) is 29.5 Å². The van der Waals surface area contributed by atoms with E-state index in [1.165, 1.54) is 0 Å². The monoisotopic (exact) mass is 263 g/mol. The van der Waals surface area contributed by atoms with Gasteiger partial charge < -0.3 is 10.6 Å². The smallest absolute Gasteiger partial charge is 0.272 e. The Labute approximate surface area is 113 Å². The molecule has 0 atom stereocenters. The van der Waals surface area contributed by atoms with Gasteiger partial charge in [-0.25, -0.2) is 0 Å². The van der Waals surface area contributed by atoms with E-state index in [2.05, 4.69) is 10.6 Å². The van der Waals surface area contributed by atoms with Crippen LogP contribution < -0.4 is 10.6 Å². The van der Waals surface area contributed by atoms with Gasteiger partial charge in [-0.2, -0.15) is 0 Å². The summed E-state index contributed by atoms with van der Waals surface area (Å²) in [6.45, 7) is 6.60. The van der Waals surface area contributed by atoms with Crippen LogP contribution in [-0.2, 0) is 6.54 Å². The van der Waals surface area contributed by atoms with Crippen LogP contribution in [0.5, 0.6) is 0 Å². The molecule has 1 aromatic rings. The van der Waals surface area contributed by atoms with Gasteiger partial charge in [-0.1, -0.05) is 0 Å². The molecule has 19 heavy (non-hydrogen) atoms. The Morgan fingerprint density at radius 3 is 2.63 bits per heavy atom. The standard InChI is InChI=1S/C14H21N3O2/c1-10-7-11(2)14(17(18)19)8-12(10)9-16-13-3-5-15-6-4-13/h7-8,13,15-16H,3-6,9H2,1-2H3. The van der Waals surface area contributed by atoms with E-state index < -0.39 is 0 Å². The average molecular weight is 263 g/mol. The van der Waals surface area contributed by atoms with Crippen LogP contribution in [0, 0.1) is 24.0 Å². The minimum absolute atomic E-state index is 0.215. The van der Waals surface area contributed by atoms with Crippen LogP contribution >= 0.6 is 0 Å². The fourth-order valence-electron chi connectivity index (χ4n) is 2.55. The molecule has 104 valence electrons. The highest BCUT2D eigenvalue weighted by Gasteiger charge is 2.16. The highest BCUT2D eigenvalue weighted by atomic mass is 16.6. The molecule has 1 aromatic carbocycles. The number of rotatable bonds is 4. The van der Waals surface area contributed by atoms with Gasteiger partial charge in [0.2, 0.25) is 0 Å². The molecule has 0 bridgehead atoms. The van der Waals surface area contributed by atoms with Gasteiger partial charge in [0.1, 0.15) is 0 Å². The summed E-state index contributed by atoms with van der Waals surface area (Å²) in [5.41, 5.74) is 3.08. The molecule has 0 saturated carbocycles. The average Bonchev–Trinajstić information content (AvgIpc) is 2.38. The van der Waals surface area contributed by atoms with Crippen LogP contribution in [0.25, 0.3) is 0 Å². The lowest BCUT2D eigenvalue weighted by Gasteiger charge is -2.24. The fourth-order valence-corrected chi connectivity index (χ4v) is 2.55. The summed E-state index contributed by atoms with van der Waals surface area (Å²) in [6.07, 6.45) is 2.24. The van der Waals surface area contributed by atoms with Gasteiger partial charge in [0.05, 0.1) is 4.92 Å². The van der Waals surface area contributed by atoms with Gasteiger partial charge in [0.15, 0.2) is 0 Å². The lowest BCUT2D eigenvalue weighted by molar-refractivity contribution is -0.385. The number of piperidine rings is 1. The molecule has 2 rings (SSSR count). The molecule has 0 aliphatic carbocycles. The summed E-state index contributed by atoms with van der Waals surface area (Å²) in [5.74, 6) is 0. The number of nitrogens with one attached hydrogen (secondary N) is 2. The Morgan fingerprint density at radius 1 is 1.32 bits per heavy atom. The zero-order valence-electron chi connectivity index (χ0n) is 11.5. The Kier molecular flexibility index (Phi) is 4.50. The minimum atomic E-state index is -0.303. The highest BCUT2D eigenvalue weighted by Crippen LogP contribution is 2.22. The molecular formula is C14H21N3O2. The summed E-state index contributed by atoms with van der Waals surface area (Å²) in [7, 11) is 0. The van der Waals surface area contributed by atoms with Crippen molar-refractivity contribution in [1.82, 2.24) is 10.6 Å². The lowest BCUT2D eigenvalue weighted by atomic mass is 10.0. The summed E-state index contributed by atoms with van der Waals surface area (Å²) < 4.78 is 0. The topological polar surface area (TPSA) is 67.2 Å². The van der Waals surface area contributed by atoms with Crippen LogP contribution in [0.15, 0.2) is 12.1 Å². The summed E-state index contributed by atoms with van der Waals surface area (Å²) >= 11 is 0. The second kappa shape index (κ2) is 6.12. The van der Waals surface area contributed by atoms with Gasteiger partial charge >= 0.3 is 0 Å². The first-order valence-electron chi connectivity index (χ1n) is 6.76. The maximum atomic E-state index is 11.0. The van der Waals surface area contributed by atoms with Crippen molar-refractivity contribution >= 4 is 5.69 Å². The summed E-state index contributed by atoms with van der Waals surface area (Å²) in [4.78, 5) is 10.7. The predicted octanol–water partition coefficient (Wildman–Crippen LogP) is 2.05. The highest BCUT2D eigenvalue weighted by molar-refractivity contribution is 5.46. The third-order valence-corrected chi connectivity index (χ3v) is 3.77. The summed E-state index contributed by atoms with van der Waals surface area (Å²) in [5, 5.41) is 17.8. The van der Waals surface area contributed by atoms with E-state index in [0.29, 0.717) is 12.6 Å². The Bertz CT molecular complexity index is 468. The van der Waals surface area contributed by atoms with E-state index in [9.17, 15) is 10.1 Å². The molecule has 0 radical (unpaired) electrons. The minimum Gasteiger partial charge on any atom is -0.317 e. The molecule has 5 heteroatoms. The molecule has 0 amide bonds. The molecule has 0 aromatic heterocycles. The van der Waals surface area contributed by atoms with Crippen molar-refractivity contribution in [2.24, 2.45) is 0 Å². The molecule has 1 aliphatic heterocycles. The molecular weight excluding hydrogens is 242 g/mol. The number of hydrogen-bond acceptors (Lipinski definition) is 4. The van der Waals surface area contributed by atoms with E-state index >= 15 is 0 Å². The number of nitro groups is 1. The van der Waals surface area contributed by atoms with E-state index in [1.807, 2.05) is 13.0 Å². The number of hydrogen-bond donors (Lipinski definition) is 2. The van der Waals surface area contributed by atoms with Crippen LogP contribution in [0.4, 0.5) is 5.69 Å². The third kappa shape index (κ3) is 3.52. The van der Waals surface area contributed by atoms with Crippen molar-refractivity contribution < 1.29 is 4.92 Å². The molecule has 1 aliphatic rings. The zero-order valence-corrected chi connectivity index (χ0v) is 11.5. The molecule has 1 saturated heterocycles. The van der Waals surface area contributed by atoms with Crippen LogP contribution in [0.3, 0.4) is 0 Å². The molecule has 5 nitrogen and oxygen atoms in total. The predicted molar refractivity (Wildman–Crippen MR) is 75.3 cm³/mol. The molecule has 2 N–H and O–H groups in total. The van der Waals surface area contributed by atoms with Gasteiger partial charge in [-0.05, 0) is 57.0 Å². The molecule has 0 unspecified atom stereocenters. The van der Waals surface area contributed by atoms with E-state index in [1.54, 1.807) is 13.0 Å². The van der Waals surface area contributed by atoms with E-state index in [-0.39, 0.29) is 10.6 Å². The summed E-state index contributed by atoms with van der Waals surface area (Å²) in [6, 6.07) is 4.12. The van der Waals surface area contributed by atoms with E-state index in [4.69, 9.17) is 0 Å². The largest absolute Gasteiger partial charge is 0.317 e. The van der Waals surface area contributed by atoms with Crippen molar-refractivity contribution in [3.8, 4) is 0 Å². The Balaban J connectivity index is 2.06. The van der Waals surface area contributed by atoms with Crippen molar-refractivity contribution in [3.63, 3.8) is 0 Å². The van der Waals surface area contributed by atoms with Crippen molar-refractivity contribution in [2.45, 2.75) is 39.3 Å². The van der Waals surface area contributed by atoms with Crippen LogP contribution in [-0.4, -0.2) is 24.1 Å². The number of benzene rings is 1. The van der Waals surface area contributed by atoms with Crippen molar-refractivity contribution in [3.05, 3.63) is 38.9 Å². The second-order valence-corrected chi connectivity index (χ2v) is 5.23. The zero-order chi connectivity index (χ0) is 13.8. The van der Waals surface area contributed by atoms with Crippen LogP contribution in [0.2, 0.25) is 0 Å². The number of aryl methyl sites for hydroxylation is 2. The molecule has 1 fully saturated rings. The van der Waals surface area contributed by atoms with Gasteiger partial charge in [0.25, 0.3) is 5.69 Å². The quantitative estimate of drug-likeness (QED) is 0.644. The van der Waals surface area contributed by atoms with Gasteiger partial charge in [-0.3, -0.25) is 10.1 Å². The maximum Gasteiger partial charge on any atom is 0.272 e. The van der Waals surface area contributed by atoms with E-state index in [0.717, 1.165) is 42.6 Å². The first-order valence-corrected chi connectivity index (χ1v) is 6.76. The van der Waals surface area contributed by atoms with Crippen molar-refractivity contribution in [1.29, 1.82) is 0 Å². The molecule has 1 heterocycles. The number of nitrogens with zero attached hydrogens (tertiary/aromatic N) is 1. The van der Waals surface area contributed by atoms with Crippen molar-refractivity contribution in [2.75, 3.05) is 13.1 Å². The normalized spacial score (nSPS) is 16.5. The van der Waals surface area contributed by atoms with Gasteiger partial charge in [0, 0.05) is 24.2 Å². The van der Waals surface area contributed by atoms with Gasteiger partial charge in [-0.15, -0.1) is 0 Å².